The molecule has 1 amide bonds. The molecule has 1 aliphatic heterocycles. The monoisotopic (exact) mass is 316 g/mol. The second-order valence-electron chi connectivity index (χ2n) is 4.91. The minimum Gasteiger partial charge on any atom is -0.339 e. The molecule has 0 radical (unpaired) electrons. The number of carbonyl (C=O) groups excluding carboxylic acids is 1. The lowest BCUT2D eigenvalue weighted by molar-refractivity contribution is -0.129. The molecule has 0 N–H and O–H groups in total. The topological polar surface area (TPSA) is 23.6 Å². The van der Waals surface area contributed by atoms with Crippen molar-refractivity contribution in [2.75, 3.05) is 39.0 Å². The molecule has 110 valence electrons. The molecule has 2 rings (SSSR count). The minimum absolute atomic E-state index is 0.137. The SMILES string of the molecule is CN1CCN(C(=O)CSCc2ccc(Cl)cc2F)CC1. The number of thioether (sulfide) groups is 1. The molecule has 0 spiro atoms. The summed E-state index contributed by atoms with van der Waals surface area (Å²) in [5.41, 5.74) is 0.588. The zero-order valence-electron chi connectivity index (χ0n) is 11.4. The van der Waals surface area contributed by atoms with Gasteiger partial charge in [0.15, 0.2) is 0 Å². The van der Waals surface area contributed by atoms with Crippen LogP contribution in [-0.2, 0) is 10.5 Å². The molecule has 1 fully saturated rings. The van der Waals surface area contributed by atoms with E-state index in [1.807, 2.05) is 4.90 Å². The highest BCUT2D eigenvalue weighted by molar-refractivity contribution is 7.99. The summed E-state index contributed by atoms with van der Waals surface area (Å²) < 4.78 is 13.6. The first-order valence-electron chi connectivity index (χ1n) is 6.54. The standard InChI is InChI=1S/C14H18ClFN2OS/c1-17-4-6-18(7-5-17)14(19)10-20-9-11-2-3-12(15)8-13(11)16/h2-3,8H,4-7,9-10H2,1H3. The van der Waals surface area contributed by atoms with Crippen LogP contribution < -0.4 is 0 Å². The number of benzene rings is 1. The number of carbonyl (C=O) groups is 1. The molecule has 6 heteroatoms. The van der Waals surface area contributed by atoms with Gasteiger partial charge in [0.1, 0.15) is 5.82 Å². The van der Waals surface area contributed by atoms with Crippen LogP contribution in [-0.4, -0.2) is 54.7 Å². The van der Waals surface area contributed by atoms with Crippen molar-refractivity contribution < 1.29 is 9.18 Å². The normalized spacial score (nSPS) is 16.4. The Labute approximate surface area is 128 Å². The zero-order chi connectivity index (χ0) is 14.5. The van der Waals surface area contributed by atoms with Crippen LogP contribution in [0.4, 0.5) is 4.39 Å². The van der Waals surface area contributed by atoms with E-state index in [1.54, 1.807) is 12.1 Å². The van der Waals surface area contributed by atoms with Crippen molar-refractivity contribution in [1.29, 1.82) is 0 Å². The highest BCUT2D eigenvalue weighted by Crippen LogP contribution is 2.19. The van der Waals surface area contributed by atoms with E-state index in [0.717, 1.165) is 26.2 Å². The molecule has 0 aromatic heterocycles. The van der Waals surface area contributed by atoms with E-state index in [-0.39, 0.29) is 11.7 Å². The fourth-order valence-corrected chi connectivity index (χ4v) is 3.11. The Morgan fingerprint density at radius 3 is 2.70 bits per heavy atom. The molecule has 1 aromatic rings. The molecule has 1 heterocycles. The van der Waals surface area contributed by atoms with Crippen LogP contribution >= 0.6 is 23.4 Å². The number of halogens is 2. The lowest BCUT2D eigenvalue weighted by Gasteiger charge is -2.32. The maximum atomic E-state index is 13.6. The quantitative estimate of drug-likeness (QED) is 0.852. The first-order chi connectivity index (χ1) is 9.56. The van der Waals surface area contributed by atoms with Gasteiger partial charge >= 0.3 is 0 Å². The summed E-state index contributed by atoms with van der Waals surface area (Å²) in [7, 11) is 2.06. The van der Waals surface area contributed by atoms with Crippen molar-refractivity contribution in [3.05, 3.63) is 34.6 Å². The van der Waals surface area contributed by atoms with E-state index in [1.165, 1.54) is 17.8 Å². The van der Waals surface area contributed by atoms with Gasteiger partial charge in [0.2, 0.25) is 5.91 Å². The number of nitrogens with zero attached hydrogens (tertiary/aromatic N) is 2. The Balaban J connectivity index is 1.76. The number of rotatable bonds is 4. The zero-order valence-corrected chi connectivity index (χ0v) is 13.0. The number of likely N-dealkylation sites (N-methyl/N-ethyl adjacent to an activating group) is 1. The molecular weight excluding hydrogens is 299 g/mol. The summed E-state index contributed by atoms with van der Waals surface area (Å²) in [4.78, 5) is 16.1. The summed E-state index contributed by atoms with van der Waals surface area (Å²) >= 11 is 7.14. The first-order valence-corrected chi connectivity index (χ1v) is 8.07. The molecule has 0 saturated carbocycles. The van der Waals surface area contributed by atoms with E-state index >= 15 is 0 Å². The average molecular weight is 317 g/mol. The van der Waals surface area contributed by atoms with Gasteiger partial charge in [-0.05, 0) is 24.7 Å². The molecule has 0 aliphatic carbocycles. The van der Waals surface area contributed by atoms with Crippen LogP contribution in [0.1, 0.15) is 5.56 Å². The molecule has 0 atom stereocenters. The third kappa shape index (κ3) is 4.36. The number of hydrogen-bond acceptors (Lipinski definition) is 3. The van der Waals surface area contributed by atoms with Crippen LogP contribution in [0.3, 0.4) is 0 Å². The Morgan fingerprint density at radius 2 is 2.05 bits per heavy atom. The number of amides is 1. The summed E-state index contributed by atoms with van der Waals surface area (Å²) in [6.45, 7) is 3.40. The van der Waals surface area contributed by atoms with Gasteiger partial charge in [-0.15, -0.1) is 11.8 Å². The highest BCUT2D eigenvalue weighted by atomic mass is 35.5. The molecule has 1 aliphatic rings. The van der Waals surface area contributed by atoms with Gasteiger partial charge < -0.3 is 9.80 Å². The third-order valence-corrected chi connectivity index (χ3v) is 4.56. The van der Waals surface area contributed by atoms with Crippen molar-refractivity contribution in [2.24, 2.45) is 0 Å². The predicted octanol–water partition coefficient (Wildman–Crippen LogP) is 2.49. The Kier molecular flexibility index (Phi) is 5.69. The summed E-state index contributed by atoms with van der Waals surface area (Å²) in [6.07, 6.45) is 0. The molecule has 0 unspecified atom stereocenters. The molecular formula is C14H18ClFN2OS. The Hall–Kier alpha value is -0.780. The van der Waals surface area contributed by atoms with Crippen LogP contribution in [0.25, 0.3) is 0 Å². The van der Waals surface area contributed by atoms with Crippen molar-refractivity contribution in [3.8, 4) is 0 Å². The van der Waals surface area contributed by atoms with Crippen molar-refractivity contribution >= 4 is 29.3 Å². The highest BCUT2D eigenvalue weighted by Gasteiger charge is 2.18. The number of hydrogen-bond donors (Lipinski definition) is 0. The van der Waals surface area contributed by atoms with Gasteiger partial charge in [0.25, 0.3) is 0 Å². The molecule has 1 saturated heterocycles. The van der Waals surface area contributed by atoms with Crippen LogP contribution in [0.2, 0.25) is 5.02 Å². The summed E-state index contributed by atoms with van der Waals surface area (Å²) in [6, 6.07) is 4.65. The number of piperazine rings is 1. The second-order valence-corrected chi connectivity index (χ2v) is 6.33. The fraction of sp³-hybridized carbons (Fsp3) is 0.500. The van der Waals surface area contributed by atoms with Crippen LogP contribution in [0.15, 0.2) is 18.2 Å². The fourth-order valence-electron chi connectivity index (χ4n) is 2.03. The summed E-state index contributed by atoms with van der Waals surface area (Å²) in [5, 5.41) is 0.393. The average Bonchev–Trinajstić information content (AvgIpc) is 2.42. The molecule has 0 bridgehead atoms. The second kappa shape index (κ2) is 7.29. The van der Waals surface area contributed by atoms with Gasteiger partial charge in [0.05, 0.1) is 5.75 Å². The van der Waals surface area contributed by atoms with E-state index in [4.69, 9.17) is 11.6 Å². The molecule has 1 aromatic carbocycles. The smallest absolute Gasteiger partial charge is 0.232 e. The minimum atomic E-state index is -0.308. The van der Waals surface area contributed by atoms with Gasteiger partial charge in [-0.3, -0.25) is 4.79 Å². The van der Waals surface area contributed by atoms with Crippen LogP contribution in [0, 0.1) is 5.82 Å². The lowest BCUT2D eigenvalue weighted by atomic mass is 10.2. The van der Waals surface area contributed by atoms with Crippen molar-refractivity contribution in [2.45, 2.75) is 5.75 Å². The van der Waals surface area contributed by atoms with Crippen molar-refractivity contribution in [1.82, 2.24) is 9.80 Å². The third-order valence-electron chi connectivity index (χ3n) is 3.35. The maximum Gasteiger partial charge on any atom is 0.232 e. The first kappa shape index (κ1) is 15.6. The van der Waals surface area contributed by atoms with E-state index in [0.29, 0.717) is 22.1 Å². The Bertz CT molecular complexity index is 478. The molecule has 20 heavy (non-hydrogen) atoms. The van der Waals surface area contributed by atoms with E-state index < -0.39 is 0 Å². The predicted molar refractivity (Wildman–Crippen MR) is 81.6 cm³/mol. The van der Waals surface area contributed by atoms with Gasteiger partial charge in [0, 0.05) is 37.0 Å². The largest absolute Gasteiger partial charge is 0.339 e. The van der Waals surface area contributed by atoms with Crippen molar-refractivity contribution in [3.63, 3.8) is 0 Å². The van der Waals surface area contributed by atoms with E-state index in [2.05, 4.69) is 11.9 Å². The van der Waals surface area contributed by atoms with E-state index in [9.17, 15) is 9.18 Å². The summed E-state index contributed by atoms with van der Waals surface area (Å²) in [5.74, 6) is 0.711. The van der Waals surface area contributed by atoms with Gasteiger partial charge in [-0.25, -0.2) is 4.39 Å². The molecule has 3 nitrogen and oxygen atoms in total. The van der Waals surface area contributed by atoms with Crippen LogP contribution in [0.5, 0.6) is 0 Å². The maximum absolute atomic E-state index is 13.6. The van der Waals surface area contributed by atoms with Gasteiger partial charge in [-0.1, -0.05) is 17.7 Å². The lowest BCUT2D eigenvalue weighted by Crippen LogP contribution is -2.47. The van der Waals surface area contributed by atoms with Gasteiger partial charge in [-0.2, -0.15) is 0 Å². The Morgan fingerprint density at radius 1 is 1.35 bits per heavy atom.